The fourth-order valence-corrected chi connectivity index (χ4v) is 5.55. The predicted octanol–water partition coefficient (Wildman–Crippen LogP) is 6.31. The number of fused-ring (bicyclic) bond motifs is 1. The van der Waals surface area contributed by atoms with Crippen LogP contribution in [-0.4, -0.2) is 22.8 Å². The molecule has 2 heterocycles. The van der Waals surface area contributed by atoms with Crippen LogP contribution in [0.3, 0.4) is 0 Å². The van der Waals surface area contributed by atoms with Crippen molar-refractivity contribution < 1.29 is 18.8 Å². The Morgan fingerprint density at radius 2 is 1.95 bits per heavy atom. The van der Waals surface area contributed by atoms with Crippen LogP contribution in [0.2, 0.25) is 0 Å². The second-order valence-electron chi connectivity index (χ2n) is 10.3. The van der Waals surface area contributed by atoms with Crippen LogP contribution in [-0.2, 0) is 11.2 Å². The van der Waals surface area contributed by atoms with E-state index >= 15 is 0 Å². The Morgan fingerprint density at radius 1 is 1.11 bits per heavy atom. The first-order chi connectivity index (χ1) is 18.3. The number of amides is 1. The number of hydrogen-bond acceptors (Lipinski definition) is 5. The molecular formula is C32H34N2O4. The standard InChI is InChI=1S/C32H34N2O4/c1-19-10-12-26(20(2)14-19)32(24-8-6-5-7-9-24)33-30(36)16-23-11-13-28-25(15-23)17-29(37-28)27(18-35)31-21(3)34-38-22(31)4/h5-8,10-15,17,24,27,32,35H,9,16,18H2,1-4H3,(H,33,36)/t24?,27?,32-/m0/s1. The van der Waals surface area contributed by atoms with Gasteiger partial charge in [0, 0.05) is 16.9 Å². The number of aliphatic hydroxyl groups excluding tert-OH is 1. The van der Waals surface area contributed by atoms with E-state index in [-0.39, 0.29) is 36.8 Å². The summed E-state index contributed by atoms with van der Waals surface area (Å²) in [6, 6.07) is 14.0. The van der Waals surface area contributed by atoms with Gasteiger partial charge in [-0.05, 0) is 69.0 Å². The lowest BCUT2D eigenvalue weighted by molar-refractivity contribution is -0.121. The van der Waals surface area contributed by atoms with Gasteiger partial charge in [-0.3, -0.25) is 4.79 Å². The third-order valence-corrected chi connectivity index (χ3v) is 7.45. The van der Waals surface area contributed by atoms with Gasteiger partial charge in [-0.15, -0.1) is 0 Å². The number of allylic oxidation sites excluding steroid dienone is 3. The highest BCUT2D eigenvalue weighted by Gasteiger charge is 2.26. The van der Waals surface area contributed by atoms with Crippen LogP contribution in [0.15, 0.2) is 75.7 Å². The SMILES string of the molecule is Cc1ccc([C@@H](NC(=O)Cc2ccc3oc(C(CO)c4c(C)noc4C)cc3c2)C2C=CC=CC2)c(C)c1. The molecule has 4 aromatic rings. The fraction of sp³-hybridized carbons (Fsp3) is 0.312. The molecule has 0 aliphatic heterocycles. The molecule has 0 fully saturated rings. The molecule has 196 valence electrons. The zero-order valence-electron chi connectivity index (χ0n) is 22.3. The molecule has 0 bridgehead atoms. The van der Waals surface area contributed by atoms with E-state index in [9.17, 15) is 9.90 Å². The summed E-state index contributed by atoms with van der Waals surface area (Å²) in [5.41, 5.74) is 6.73. The summed E-state index contributed by atoms with van der Waals surface area (Å²) in [7, 11) is 0. The van der Waals surface area contributed by atoms with Crippen LogP contribution in [0.25, 0.3) is 11.0 Å². The lowest BCUT2D eigenvalue weighted by atomic mass is 9.85. The van der Waals surface area contributed by atoms with E-state index in [0.29, 0.717) is 17.1 Å². The summed E-state index contributed by atoms with van der Waals surface area (Å²) in [6.45, 7) is 7.77. The van der Waals surface area contributed by atoms with Gasteiger partial charge in [0.25, 0.3) is 0 Å². The van der Waals surface area contributed by atoms with Crippen molar-refractivity contribution in [2.75, 3.05) is 6.61 Å². The molecular weight excluding hydrogens is 476 g/mol. The maximum atomic E-state index is 13.3. The van der Waals surface area contributed by atoms with E-state index < -0.39 is 0 Å². The van der Waals surface area contributed by atoms with E-state index in [4.69, 9.17) is 8.94 Å². The first-order valence-corrected chi connectivity index (χ1v) is 13.1. The Balaban J connectivity index is 1.37. The highest BCUT2D eigenvalue weighted by atomic mass is 16.5. The number of aromatic nitrogens is 1. The van der Waals surface area contributed by atoms with Gasteiger partial charge in [-0.25, -0.2) is 0 Å². The van der Waals surface area contributed by atoms with Crippen LogP contribution in [0, 0.1) is 33.6 Å². The van der Waals surface area contributed by atoms with Crippen molar-refractivity contribution in [3.05, 3.63) is 112 Å². The molecule has 2 aromatic heterocycles. The minimum absolute atomic E-state index is 0.0232. The molecule has 1 aliphatic rings. The van der Waals surface area contributed by atoms with Crippen LogP contribution in [0.5, 0.6) is 0 Å². The number of hydrogen-bond donors (Lipinski definition) is 2. The minimum Gasteiger partial charge on any atom is -0.460 e. The highest BCUT2D eigenvalue weighted by molar-refractivity contribution is 5.83. The zero-order valence-corrected chi connectivity index (χ0v) is 22.3. The van der Waals surface area contributed by atoms with Crippen LogP contribution < -0.4 is 5.32 Å². The number of nitrogens with one attached hydrogen (secondary N) is 1. The van der Waals surface area contributed by atoms with Gasteiger partial charge in [0.1, 0.15) is 17.1 Å². The molecule has 0 spiro atoms. The Labute approximate surface area is 223 Å². The van der Waals surface area contributed by atoms with Crippen LogP contribution in [0.4, 0.5) is 0 Å². The smallest absolute Gasteiger partial charge is 0.224 e. The maximum absolute atomic E-state index is 13.3. The third-order valence-electron chi connectivity index (χ3n) is 7.45. The highest BCUT2D eigenvalue weighted by Crippen LogP contribution is 2.34. The van der Waals surface area contributed by atoms with Crippen molar-refractivity contribution in [2.45, 2.75) is 52.5 Å². The van der Waals surface area contributed by atoms with Crippen LogP contribution in [0.1, 0.15) is 63.4 Å². The van der Waals surface area contributed by atoms with Crippen LogP contribution >= 0.6 is 0 Å². The summed E-state index contributed by atoms with van der Waals surface area (Å²) >= 11 is 0. The normalized spacial score (nSPS) is 16.6. The average Bonchev–Trinajstić information content (AvgIpc) is 3.47. The van der Waals surface area contributed by atoms with Gasteiger partial charge in [-0.1, -0.05) is 59.3 Å². The van der Waals surface area contributed by atoms with E-state index in [1.165, 1.54) is 11.1 Å². The number of benzene rings is 2. The Kier molecular flexibility index (Phi) is 7.34. The number of rotatable bonds is 8. The van der Waals surface area contributed by atoms with Gasteiger partial charge in [0.05, 0.1) is 30.7 Å². The van der Waals surface area contributed by atoms with Crippen molar-refractivity contribution in [3.63, 3.8) is 0 Å². The lowest BCUT2D eigenvalue weighted by Crippen LogP contribution is -2.34. The van der Waals surface area contributed by atoms with Crippen molar-refractivity contribution in [1.82, 2.24) is 10.5 Å². The number of carbonyl (C=O) groups excluding carboxylic acids is 1. The second kappa shape index (κ2) is 10.8. The van der Waals surface area contributed by atoms with Crippen molar-refractivity contribution in [3.8, 4) is 0 Å². The topological polar surface area (TPSA) is 88.5 Å². The molecule has 6 heteroatoms. The molecule has 1 amide bonds. The second-order valence-corrected chi connectivity index (χ2v) is 10.3. The average molecular weight is 511 g/mol. The van der Waals surface area contributed by atoms with E-state index in [2.05, 4.69) is 66.8 Å². The molecule has 1 aliphatic carbocycles. The minimum atomic E-state index is -0.364. The number of carbonyl (C=O) groups is 1. The third kappa shape index (κ3) is 5.22. The van der Waals surface area contributed by atoms with Gasteiger partial charge < -0.3 is 19.4 Å². The molecule has 6 nitrogen and oxygen atoms in total. The number of furan rings is 1. The van der Waals surface area contributed by atoms with Gasteiger partial charge >= 0.3 is 0 Å². The summed E-state index contributed by atoms with van der Waals surface area (Å²) in [4.78, 5) is 13.3. The van der Waals surface area contributed by atoms with Gasteiger partial charge in [0.2, 0.25) is 5.91 Å². The van der Waals surface area contributed by atoms with Crippen molar-refractivity contribution >= 4 is 16.9 Å². The largest absolute Gasteiger partial charge is 0.460 e. The summed E-state index contributed by atoms with van der Waals surface area (Å²) < 4.78 is 11.4. The van der Waals surface area contributed by atoms with Crippen molar-refractivity contribution in [1.29, 1.82) is 0 Å². The summed E-state index contributed by atoms with van der Waals surface area (Å²) in [6.07, 6.45) is 9.59. The molecule has 38 heavy (non-hydrogen) atoms. The number of aliphatic hydroxyl groups is 1. The van der Waals surface area contributed by atoms with Crippen molar-refractivity contribution in [2.24, 2.45) is 5.92 Å². The van der Waals surface area contributed by atoms with Gasteiger partial charge in [0.15, 0.2) is 0 Å². The van der Waals surface area contributed by atoms with Gasteiger partial charge in [-0.2, -0.15) is 0 Å². The monoisotopic (exact) mass is 510 g/mol. The molecule has 3 atom stereocenters. The molecule has 0 radical (unpaired) electrons. The quantitative estimate of drug-likeness (QED) is 0.290. The molecule has 2 unspecified atom stereocenters. The Morgan fingerprint density at radius 3 is 2.63 bits per heavy atom. The molecule has 0 saturated carbocycles. The maximum Gasteiger partial charge on any atom is 0.224 e. The summed E-state index contributed by atoms with van der Waals surface area (Å²) in [5, 5.41) is 18.4. The van der Waals surface area contributed by atoms with E-state index in [1.54, 1.807) is 0 Å². The predicted molar refractivity (Wildman–Crippen MR) is 148 cm³/mol. The van der Waals surface area contributed by atoms with E-state index in [1.807, 2.05) is 38.1 Å². The number of nitrogens with zero attached hydrogens (tertiary/aromatic N) is 1. The molecule has 0 saturated heterocycles. The Hall–Kier alpha value is -3.90. The summed E-state index contributed by atoms with van der Waals surface area (Å²) in [5.74, 6) is 1.12. The molecule has 5 rings (SSSR count). The van der Waals surface area contributed by atoms with E-state index in [0.717, 1.165) is 34.2 Å². The lowest BCUT2D eigenvalue weighted by Gasteiger charge is -2.28. The molecule has 2 N–H and O–H groups in total. The zero-order chi connectivity index (χ0) is 26.8. The Bertz CT molecular complexity index is 1500. The molecule has 2 aromatic carbocycles. The fourth-order valence-electron chi connectivity index (χ4n) is 5.55. The first-order valence-electron chi connectivity index (χ1n) is 13.1. The number of aryl methyl sites for hydroxylation is 4. The first kappa shape index (κ1) is 25.7.